The number of likely N-dealkylation sites (tertiary alicyclic amines) is 1. The van der Waals surface area contributed by atoms with Gasteiger partial charge < -0.3 is 15.0 Å². The Morgan fingerprint density at radius 1 is 1.47 bits per heavy atom. The van der Waals surface area contributed by atoms with Gasteiger partial charge in [0.1, 0.15) is 5.75 Å². The van der Waals surface area contributed by atoms with Gasteiger partial charge in [-0.15, -0.1) is 0 Å². The number of ether oxygens (including phenoxy) is 1. The van der Waals surface area contributed by atoms with Crippen LogP contribution in [0, 0.1) is 5.92 Å². The molecule has 0 saturated carbocycles. The number of hydrogen-bond donors (Lipinski definition) is 1. The molecule has 2 aliphatic heterocycles. The lowest BCUT2D eigenvalue weighted by Gasteiger charge is -2.14. The fraction of sp³-hybridized carbons (Fsp3) is 0.571. The molecule has 3 nitrogen and oxygen atoms in total. The van der Waals surface area contributed by atoms with E-state index in [1.165, 1.54) is 30.8 Å². The summed E-state index contributed by atoms with van der Waals surface area (Å²) in [5.41, 5.74) is 2.62. The molecule has 1 unspecified atom stereocenters. The molecule has 1 aromatic rings. The third-order valence-corrected chi connectivity index (χ3v) is 3.77. The molecule has 0 amide bonds. The maximum absolute atomic E-state index is 5.99. The van der Waals surface area contributed by atoms with Crippen molar-refractivity contribution in [2.45, 2.75) is 12.8 Å². The van der Waals surface area contributed by atoms with Gasteiger partial charge in [0.15, 0.2) is 0 Å². The number of rotatable bonds is 3. The summed E-state index contributed by atoms with van der Waals surface area (Å²) in [5, 5.41) is 3.42. The summed E-state index contributed by atoms with van der Waals surface area (Å²) in [6, 6.07) is 6.36. The summed E-state index contributed by atoms with van der Waals surface area (Å²) in [4.78, 5) is 2.38. The van der Waals surface area contributed by atoms with Crippen LogP contribution in [0.3, 0.4) is 0 Å². The maximum Gasteiger partial charge on any atom is 0.142 e. The van der Waals surface area contributed by atoms with Crippen LogP contribution in [0.25, 0.3) is 0 Å². The third kappa shape index (κ3) is 2.25. The summed E-state index contributed by atoms with van der Waals surface area (Å²) in [7, 11) is 2.18. The highest BCUT2D eigenvalue weighted by Gasteiger charge is 2.21. The largest absolute Gasteiger partial charge is 0.491 e. The van der Waals surface area contributed by atoms with Gasteiger partial charge >= 0.3 is 0 Å². The number of anilines is 1. The average molecular weight is 232 g/mol. The Morgan fingerprint density at radius 3 is 3.24 bits per heavy atom. The average Bonchev–Trinajstić information content (AvgIpc) is 2.94. The van der Waals surface area contributed by atoms with Gasteiger partial charge in [0.25, 0.3) is 0 Å². The summed E-state index contributed by atoms with van der Waals surface area (Å²) in [6.07, 6.45) is 2.39. The minimum atomic E-state index is 0.692. The molecular formula is C14H20N2O. The van der Waals surface area contributed by atoms with E-state index in [1.54, 1.807) is 0 Å². The number of nitrogens with one attached hydrogen (secondary N) is 1. The van der Waals surface area contributed by atoms with Crippen LogP contribution in [-0.2, 0) is 6.42 Å². The normalized spacial score (nSPS) is 23.5. The van der Waals surface area contributed by atoms with E-state index in [9.17, 15) is 0 Å². The fourth-order valence-electron chi connectivity index (χ4n) is 2.80. The first-order valence-corrected chi connectivity index (χ1v) is 6.50. The number of fused-ring (bicyclic) bond motifs is 1. The van der Waals surface area contributed by atoms with Crippen LogP contribution in [0.2, 0.25) is 0 Å². The smallest absolute Gasteiger partial charge is 0.142 e. The van der Waals surface area contributed by atoms with Crippen LogP contribution >= 0.6 is 0 Å². The second kappa shape index (κ2) is 4.57. The Hall–Kier alpha value is -1.22. The number of nitrogens with zero attached hydrogens (tertiary/aromatic N) is 1. The first-order chi connectivity index (χ1) is 8.33. The van der Waals surface area contributed by atoms with Gasteiger partial charge in [-0.25, -0.2) is 0 Å². The first-order valence-electron chi connectivity index (χ1n) is 6.50. The van der Waals surface area contributed by atoms with Crippen LogP contribution in [-0.4, -0.2) is 38.2 Å². The fourth-order valence-corrected chi connectivity index (χ4v) is 2.80. The van der Waals surface area contributed by atoms with Crippen molar-refractivity contribution < 1.29 is 4.74 Å². The Labute approximate surface area is 103 Å². The predicted molar refractivity (Wildman–Crippen MR) is 69.7 cm³/mol. The zero-order chi connectivity index (χ0) is 11.7. The Kier molecular flexibility index (Phi) is 2.93. The van der Waals surface area contributed by atoms with E-state index in [2.05, 4.69) is 35.5 Å². The quantitative estimate of drug-likeness (QED) is 0.862. The molecule has 1 fully saturated rings. The zero-order valence-corrected chi connectivity index (χ0v) is 10.4. The van der Waals surface area contributed by atoms with Gasteiger partial charge in [0.05, 0.1) is 12.3 Å². The molecule has 3 rings (SSSR count). The minimum absolute atomic E-state index is 0.692. The van der Waals surface area contributed by atoms with E-state index >= 15 is 0 Å². The van der Waals surface area contributed by atoms with E-state index < -0.39 is 0 Å². The van der Waals surface area contributed by atoms with Crippen LogP contribution in [0.4, 0.5) is 5.69 Å². The summed E-state index contributed by atoms with van der Waals surface area (Å²) in [6.45, 7) is 4.27. The molecule has 0 spiro atoms. The molecule has 1 N–H and O–H groups in total. The van der Waals surface area contributed by atoms with E-state index in [0.29, 0.717) is 5.92 Å². The minimum Gasteiger partial charge on any atom is -0.491 e. The molecule has 1 saturated heterocycles. The summed E-state index contributed by atoms with van der Waals surface area (Å²) >= 11 is 0. The molecule has 2 aliphatic rings. The zero-order valence-electron chi connectivity index (χ0n) is 10.4. The Morgan fingerprint density at radius 2 is 2.41 bits per heavy atom. The second-order valence-electron chi connectivity index (χ2n) is 5.19. The van der Waals surface area contributed by atoms with Crippen molar-refractivity contribution in [1.82, 2.24) is 4.90 Å². The van der Waals surface area contributed by atoms with Gasteiger partial charge in [-0.3, -0.25) is 0 Å². The van der Waals surface area contributed by atoms with Crippen LogP contribution in [0.1, 0.15) is 12.0 Å². The number of hydrogen-bond acceptors (Lipinski definition) is 3. The van der Waals surface area contributed by atoms with Crippen molar-refractivity contribution >= 4 is 5.69 Å². The molecule has 1 aromatic carbocycles. The standard InChI is InChI=1S/C14H20N2O/c1-16-8-6-11(9-16)10-17-13-4-2-3-12-5-7-15-14(12)13/h2-4,11,15H,5-10H2,1H3. The lowest BCUT2D eigenvalue weighted by atomic mass is 10.1. The summed E-state index contributed by atoms with van der Waals surface area (Å²) in [5.74, 6) is 1.73. The van der Waals surface area contributed by atoms with E-state index in [-0.39, 0.29) is 0 Å². The highest BCUT2D eigenvalue weighted by Crippen LogP contribution is 2.33. The predicted octanol–water partition coefficient (Wildman–Crippen LogP) is 1.99. The molecule has 2 heterocycles. The molecule has 0 aliphatic carbocycles. The Balaban J connectivity index is 1.64. The van der Waals surface area contributed by atoms with Crippen molar-refractivity contribution in [2.75, 3.05) is 38.6 Å². The monoisotopic (exact) mass is 232 g/mol. The lowest BCUT2D eigenvalue weighted by molar-refractivity contribution is 0.250. The van der Waals surface area contributed by atoms with Crippen LogP contribution in [0.5, 0.6) is 5.75 Å². The van der Waals surface area contributed by atoms with Gasteiger partial charge in [0.2, 0.25) is 0 Å². The molecule has 3 heteroatoms. The van der Waals surface area contributed by atoms with Gasteiger partial charge in [0, 0.05) is 19.0 Å². The second-order valence-corrected chi connectivity index (χ2v) is 5.19. The maximum atomic E-state index is 5.99. The molecule has 1 atom stereocenters. The highest BCUT2D eigenvalue weighted by molar-refractivity contribution is 5.65. The van der Waals surface area contributed by atoms with Crippen LogP contribution in [0.15, 0.2) is 18.2 Å². The summed E-state index contributed by atoms with van der Waals surface area (Å²) < 4.78 is 5.99. The lowest BCUT2D eigenvalue weighted by Crippen LogP contribution is -2.18. The van der Waals surface area contributed by atoms with Crippen molar-refractivity contribution in [1.29, 1.82) is 0 Å². The van der Waals surface area contributed by atoms with Gasteiger partial charge in [-0.1, -0.05) is 12.1 Å². The van der Waals surface area contributed by atoms with Crippen molar-refractivity contribution in [3.05, 3.63) is 23.8 Å². The van der Waals surface area contributed by atoms with Crippen molar-refractivity contribution in [3.8, 4) is 5.75 Å². The van der Waals surface area contributed by atoms with Crippen molar-refractivity contribution in [2.24, 2.45) is 5.92 Å². The van der Waals surface area contributed by atoms with Gasteiger partial charge in [-0.05, 0) is 38.1 Å². The molecule has 92 valence electrons. The van der Waals surface area contributed by atoms with Crippen LogP contribution < -0.4 is 10.1 Å². The molecule has 0 aromatic heterocycles. The van der Waals surface area contributed by atoms with E-state index in [4.69, 9.17) is 4.74 Å². The first kappa shape index (κ1) is 10.9. The highest BCUT2D eigenvalue weighted by atomic mass is 16.5. The molecular weight excluding hydrogens is 212 g/mol. The molecule has 17 heavy (non-hydrogen) atoms. The van der Waals surface area contributed by atoms with Gasteiger partial charge in [-0.2, -0.15) is 0 Å². The van der Waals surface area contributed by atoms with E-state index in [1.807, 2.05) is 0 Å². The third-order valence-electron chi connectivity index (χ3n) is 3.77. The number of benzene rings is 1. The van der Waals surface area contributed by atoms with E-state index in [0.717, 1.165) is 25.3 Å². The topological polar surface area (TPSA) is 24.5 Å². The van der Waals surface area contributed by atoms with Crippen molar-refractivity contribution in [3.63, 3.8) is 0 Å². The SMILES string of the molecule is CN1CCC(COc2cccc3c2NCC3)C1. The number of para-hydroxylation sites is 1. The Bertz CT molecular complexity index is 405. The molecule has 0 radical (unpaired) electrons. The molecule has 0 bridgehead atoms.